The average Bonchev–Trinajstić information content (AvgIpc) is 2.65. The van der Waals surface area contributed by atoms with Crippen LogP contribution in [0.15, 0.2) is 18.3 Å². The lowest BCUT2D eigenvalue weighted by Gasteiger charge is -2.11. The van der Waals surface area contributed by atoms with Crippen molar-refractivity contribution in [1.29, 1.82) is 0 Å². The quantitative estimate of drug-likeness (QED) is 0.805. The number of hydrogen-bond acceptors (Lipinski definition) is 2. The third kappa shape index (κ3) is 2.37. The number of aromatic nitrogens is 1. The SMILES string of the molecule is CC(C)c1ccc(C2CC[C@@H](O)C2)cn1. The zero-order valence-electron chi connectivity index (χ0n) is 9.48. The summed E-state index contributed by atoms with van der Waals surface area (Å²) in [5.41, 5.74) is 2.44. The second-order valence-electron chi connectivity index (χ2n) is 4.83. The lowest BCUT2D eigenvalue weighted by atomic mass is 9.98. The molecule has 1 N–H and O–H groups in total. The Hall–Kier alpha value is -0.890. The van der Waals surface area contributed by atoms with E-state index in [0.29, 0.717) is 11.8 Å². The lowest BCUT2D eigenvalue weighted by Crippen LogP contribution is -2.00. The Morgan fingerprint density at radius 1 is 1.33 bits per heavy atom. The van der Waals surface area contributed by atoms with Gasteiger partial charge in [-0.1, -0.05) is 19.9 Å². The van der Waals surface area contributed by atoms with Gasteiger partial charge >= 0.3 is 0 Å². The number of aliphatic hydroxyl groups is 1. The Labute approximate surface area is 91.4 Å². The molecule has 1 fully saturated rings. The molecule has 1 heterocycles. The number of nitrogens with zero attached hydrogens (tertiary/aromatic N) is 1. The summed E-state index contributed by atoms with van der Waals surface area (Å²) < 4.78 is 0. The van der Waals surface area contributed by atoms with Gasteiger partial charge in [0.15, 0.2) is 0 Å². The minimum atomic E-state index is -0.0974. The zero-order valence-corrected chi connectivity index (χ0v) is 9.48. The number of pyridine rings is 1. The Balaban J connectivity index is 2.10. The first-order valence-electron chi connectivity index (χ1n) is 5.80. The summed E-state index contributed by atoms with van der Waals surface area (Å²) in [7, 11) is 0. The normalized spacial score (nSPS) is 26.1. The summed E-state index contributed by atoms with van der Waals surface area (Å²) in [5, 5.41) is 9.48. The van der Waals surface area contributed by atoms with Gasteiger partial charge in [0.2, 0.25) is 0 Å². The molecule has 1 aliphatic rings. The Morgan fingerprint density at radius 2 is 2.13 bits per heavy atom. The van der Waals surface area contributed by atoms with Gasteiger partial charge in [0, 0.05) is 11.9 Å². The molecule has 0 amide bonds. The predicted molar refractivity (Wildman–Crippen MR) is 60.9 cm³/mol. The first-order chi connectivity index (χ1) is 7.16. The van der Waals surface area contributed by atoms with Crippen molar-refractivity contribution < 1.29 is 5.11 Å². The minimum absolute atomic E-state index is 0.0974. The monoisotopic (exact) mass is 205 g/mol. The van der Waals surface area contributed by atoms with Crippen molar-refractivity contribution >= 4 is 0 Å². The van der Waals surface area contributed by atoms with E-state index >= 15 is 0 Å². The maximum absolute atomic E-state index is 9.48. The summed E-state index contributed by atoms with van der Waals surface area (Å²) >= 11 is 0. The Bertz CT molecular complexity index is 318. The van der Waals surface area contributed by atoms with Crippen LogP contribution in [0.3, 0.4) is 0 Å². The summed E-state index contributed by atoms with van der Waals surface area (Å²) in [6.07, 6.45) is 4.83. The molecule has 82 valence electrons. The van der Waals surface area contributed by atoms with Crippen molar-refractivity contribution in [3.63, 3.8) is 0 Å². The third-order valence-electron chi connectivity index (χ3n) is 3.28. The van der Waals surface area contributed by atoms with Crippen molar-refractivity contribution in [3.05, 3.63) is 29.6 Å². The van der Waals surface area contributed by atoms with Crippen molar-refractivity contribution in [1.82, 2.24) is 4.98 Å². The van der Waals surface area contributed by atoms with Gasteiger partial charge in [0.1, 0.15) is 0 Å². The maximum Gasteiger partial charge on any atom is 0.0546 e. The molecule has 1 unspecified atom stereocenters. The molecule has 2 nitrogen and oxygen atoms in total. The number of rotatable bonds is 2. The van der Waals surface area contributed by atoms with Crippen molar-refractivity contribution in [3.8, 4) is 0 Å². The van der Waals surface area contributed by atoms with Crippen LogP contribution in [-0.4, -0.2) is 16.2 Å². The highest BCUT2D eigenvalue weighted by Gasteiger charge is 2.24. The van der Waals surface area contributed by atoms with Crippen LogP contribution in [0, 0.1) is 0 Å². The molecule has 1 aliphatic carbocycles. The zero-order chi connectivity index (χ0) is 10.8. The topological polar surface area (TPSA) is 33.1 Å². The van der Waals surface area contributed by atoms with E-state index in [2.05, 4.69) is 31.0 Å². The first kappa shape index (κ1) is 10.6. The summed E-state index contributed by atoms with van der Waals surface area (Å²) in [6, 6.07) is 4.29. The molecule has 1 aromatic heterocycles. The second-order valence-corrected chi connectivity index (χ2v) is 4.83. The molecule has 0 aromatic carbocycles. The van der Waals surface area contributed by atoms with Crippen molar-refractivity contribution in [2.45, 2.75) is 51.0 Å². The molecule has 0 saturated heterocycles. The number of hydrogen-bond donors (Lipinski definition) is 1. The smallest absolute Gasteiger partial charge is 0.0546 e. The fourth-order valence-electron chi connectivity index (χ4n) is 2.26. The van der Waals surface area contributed by atoms with Crippen molar-refractivity contribution in [2.75, 3.05) is 0 Å². The van der Waals surface area contributed by atoms with E-state index in [1.165, 1.54) is 5.56 Å². The fourth-order valence-corrected chi connectivity index (χ4v) is 2.26. The van der Waals surface area contributed by atoms with Gasteiger partial charge in [-0.25, -0.2) is 0 Å². The third-order valence-corrected chi connectivity index (χ3v) is 3.28. The van der Waals surface area contributed by atoms with Gasteiger partial charge in [-0.3, -0.25) is 4.98 Å². The maximum atomic E-state index is 9.48. The van der Waals surface area contributed by atoms with Gasteiger partial charge in [0.05, 0.1) is 6.10 Å². The van der Waals surface area contributed by atoms with Crippen LogP contribution in [0.25, 0.3) is 0 Å². The van der Waals surface area contributed by atoms with E-state index in [1.54, 1.807) is 0 Å². The van der Waals surface area contributed by atoms with E-state index in [-0.39, 0.29) is 6.10 Å². The van der Waals surface area contributed by atoms with Crippen LogP contribution in [0.1, 0.15) is 56.2 Å². The summed E-state index contributed by atoms with van der Waals surface area (Å²) in [5.74, 6) is 1.02. The second kappa shape index (κ2) is 4.31. The van der Waals surface area contributed by atoms with E-state index in [1.807, 2.05) is 6.20 Å². The highest BCUT2D eigenvalue weighted by molar-refractivity contribution is 5.21. The first-order valence-corrected chi connectivity index (χ1v) is 5.80. The molecule has 1 saturated carbocycles. The van der Waals surface area contributed by atoms with Gasteiger partial charge in [-0.2, -0.15) is 0 Å². The molecule has 0 aliphatic heterocycles. The largest absolute Gasteiger partial charge is 0.393 e. The van der Waals surface area contributed by atoms with Gasteiger partial charge in [0.25, 0.3) is 0 Å². The van der Waals surface area contributed by atoms with Crippen LogP contribution in [0.2, 0.25) is 0 Å². The molecule has 2 heteroatoms. The van der Waals surface area contributed by atoms with E-state index in [9.17, 15) is 5.11 Å². The molecule has 0 spiro atoms. The van der Waals surface area contributed by atoms with Gasteiger partial charge in [-0.05, 0) is 42.7 Å². The highest BCUT2D eigenvalue weighted by Crippen LogP contribution is 2.34. The summed E-state index contributed by atoms with van der Waals surface area (Å²) in [6.45, 7) is 4.31. The van der Waals surface area contributed by atoms with Crippen LogP contribution in [-0.2, 0) is 0 Å². The predicted octanol–water partition coefficient (Wildman–Crippen LogP) is 2.83. The van der Waals surface area contributed by atoms with Crippen LogP contribution >= 0.6 is 0 Å². The van der Waals surface area contributed by atoms with E-state index in [0.717, 1.165) is 25.0 Å². The highest BCUT2D eigenvalue weighted by atomic mass is 16.3. The molecule has 15 heavy (non-hydrogen) atoms. The molecule has 0 bridgehead atoms. The van der Waals surface area contributed by atoms with Gasteiger partial charge < -0.3 is 5.11 Å². The van der Waals surface area contributed by atoms with Crippen LogP contribution in [0.5, 0.6) is 0 Å². The lowest BCUT2D eigenvalue weighted by molar-refractivity contribution is 0.181. The molecular weight excluding hydrogens is 186 g/mol. The molecule has 1 aromatic rings. The molecule has 2 atom stereocenters. The minimum Gasteiger partial charge on any atom is -0.393 e. The van der Waals surface area contributed by atoms with E-state index < -0.39 is 0 Å². The van der Waals surface area contributed by atoms with Crippen LogP contribution < -0.4 is 0 Å². The van der Waals surface area contributed by atoms with Gasteiger partial charge in [-0.15, -0.1) is 0 Å². The van der Waals surface area contributed by atoms with Crippen LogP contribution in [0.4, 0.5) is 0 Å². The summed E-state index contributed by atoms with van der Waals surface area (Å²) in [4.78, 5) is 4.47. The molecule has 2 rings (SSSR count). The Morgan fingerprint density at radius 3 is 2.60 bits per heavy atom. The molecular formula is C13H19NO. The average molecular weight is 205 g/mol. The Kier molecular flexibility index (Phi) is 3.06. The van der Waals surface area contributed by atoms with E-state index in [4.69, 9.17) is 0 Å². The molecule has 0 radical (unpaired) electrons. The van der Waals surface area contributed by atoms with Crippen molar-refractivity contribution in [2.24, 2.45) is 0 Å². The standard InChI is InChI=1S/C13H19NO/c1-9(2)13-6-4-11(8-14-13)10-3-5-12(15)7-10/h4,6,8-10,12,15H,3,5,7H2,1-2H3/t10?,12-/m1/s1. The number of aliphatic hydroxyl groups excluding tert-OH is 1. The fraction of sp³-hybridized carbons (Fsp3) is 0.615.